The third-order valence-corrected chi connectivity index (χ3v) is 3.21. The molecular formula is C12H20N4O3. The Labute approximate surface area is 111 Å². The van der Waals surface area contributed by atoms with Gasteiger partial charge in [0.1, 0.15) is 5.82 Å². The van der Waals surface area contributed by atoms with Crippen molar-refractivity contribution in [3.8, 4) is 0 Å². The van der Waals surface area contributed by atoms with Gasteiger partial charge in [-0.05, 0) is 18.6 Å². The fraction of sp³-hybridized carbons (Fsp3) is 0.583. The first-order chi connectivity index (χ1) is 9.15. The van der Waals surface area contributed by atoms with Crippen molar-refractivity contribution in [3.05, 3.63) is 12.1 Å². The maximum atomic E-state index is 9.67. The Bertz CT molecular complexity index is 429. The van der Waals surface area contributed by atoms with Crippen molar-refractivity contribution < 1.29 is 15.3 Å². The van der Waals surface area contributed by atoms with Crippen molar-refractivity contribution in [1.29, 1.82) is 0 Å². The third-order valence-electron chi connectivity index (χ3n) is 3.21. The number of hydrogen-bond acceptors (Lipinski definition) is 7. The van der Waals surface area contributed by atoms with E-state index in [4.69, 9.17) is 10.8 Å². The molecule has 1 fully saturated rings. The van der Waals surface area contributed by atoms with Gasteiger partial charge in [0.2, 0.25) is 0 Å². The summed E-state index contributed by atoms with van der Waals surface area (Å²) in [5.74, 6) is 1.16. The molecule has 0 bridgehead atoms. The summed E-state index contributed by atoms with van der Waals surface area (Å²) in [6.07, 6.45) is 0.0763. The second-order valence-corrected chi connectivity index (χ2v) is 4.64. The average Bonchev–Trinajstić information content (AvgIpc) is 2.79. The molecule has 0 spiro atoms. The molecule has 2 atom stereocenters. The number of aromatic nitrogens is 1. The van der Waals surface area contributed by atoms with Crippen molar-refractivity contribution in [3.63, 3.8) is 0 Å². The number of aliphatic hydroxyl groups excluding tert-OH is 3. The van der Waals surface area contributed by atoms with Crippen LogP contribution in [0.5, 0.6) is 0 Å². The van der Waals surface area contributed by atoms with Crippen LogP contribution >= 0.6 is 0 Å². The fourth-order valence-corrected chi connectivity index (χ4v) is 2.28. The highest BCUT2D eigenvalue weighted by Gasteiger charge is 2.31. The molecule has 2 heterocycles. The molecule has 1 saturated heterocycles. The van der Waals surface area contributed by atoms with Crippen LogP contribution in [-0.4, -0.2) is 58.8 Å². The molecule has 1 aliphatic rings. The number of anilines is 3. The first-order valence-corrected chi connectivity index (χ1v) is 6.32. The van der Waals surface area contributed by atoms with E-state index >= 15 is 0 Å². The van der Waals surface area contributed by atoms with Crippen LogP contribution in [0.4, 0.5) is 17.3 Å². The van der Waals surface area contributed by atoms with Gasteiger partial charge in [-0.15, -0.1) is 0 Å². The summed E-state index contributed by atoms with van der Waals surface area (Å²) in [6, 6.07) is 3.36. The summed E-state index contributed by atoms with van der Waals surface area (Å²) in [5, 5.41) is 30.7. The Morgan fingerprint density at radius 1 is 1.42 bits per heavy atom. The first kappa shape index (κ1) is 13.9. The summed E-state index contributed by atoms with van der Waals surface area (Å²) in [4.78, 5) is 6.25. The molecule has 0 saturated carbocycles. The number of aliphatic hydroxyl groups is 3. The number of hydrogen-bond donors (Lipinski definition) is 5. The number of nitrogens with zero attached hydrogens (tertiary/aromatic N) is 2. The number of nitrogens with two attached hydrogens (primary N) is 1. The topological polar surface area (TPSA) is 115 Å². The van der Waals surface area contributed by atoms with Gasteiger partial charge in [0.05, 0.1) is 31.0 Å². The average molecular weight is 268 g/mol. The monoisotopic (exact) mass is 268 g/mol. The molecule has 106 valence electrons. The lowest BCUT2D eigenvalue weighted by molar-refractivity contribution is 0.184. The predicted octanol–water partition coefficient (Wildman–Crippen LogP) is -1.00. The van der Waals surface area contributed by atoms with Crippen LogP contribution in [0.15, 0.2) is 12.1 Å². The number of nitrogen functional groups attached to an aromatic ring is 1. The summed E-state index contributed by atoms with van der Waals surface area (Å²) >= 11 is 0. The number of rotatable bonds is 5. The van der Waals surface area contributed by atoms with Crippen LogP contribution in [0.2, 0.25) is 0 Å². The van der Waals surface area contributed by atoms with Crippen molar-refractivity contribution in [1.82, 2.24) is 4.98 Å². The first-order valence-electron chi connectivity index (χ1n) is 6.32. The summed E-state index contributed by atoms with van der Waals surface area (Å²) in [7, 11) is 0. The SMILES string of the molecule is Nc1ccc(N2CC(O)CC2CO)nc1NCCO. The second-order valence-electron chi connectivity index (χ2n) is 4.64. The lowest BCUT2D eigenvalue weighted by Gasteiger charge is -2.24. The molecule has 0 amide bonds. The Morgan fingerprint density at radius 2 is 2.21 bits per heavy atom. The Balaban J connectivity index is 2.20. The van der Waals surface area contributed by atoms with Gasteiger partial charge in [0.25, 0.3) is 0 Å². The highest BCUT2D eigenvalue weighted by molar-refractivity contribution is 5.65. The molecule has 1 aliphatic heterocycles. The lowest BCUT2D eigenvalue weighted by atomic mass is 10.2. The van der Waals surface area contributed by atoms with Crippen LogP contribution in [0, 0.1) is 0 Å². The molecule has 2 unspecified atom stereocenters. The minimum atomic E-state index is -0.453. The van der Waals surface area contributed by atoms with E-state index in [9.17, 15) is 10.2 Å². The van der Waals surface area contributed by atoms with E-state index in [1.165, 1.54) is 0 Å². The Kier molecular flexibility index (Phi) is 4.41. The smallest absolute Gasteiger partial charge is 0.151 e. The quantitative estimate of drug-likeness (QED) is 0.465. The summed E-state index contributed by atoms with van der Waals surface area (Å²) in [6.45, 7) is 0.782. The van der Waals surface area contributed by atoms with Crippen LogP contribution in [-0.2, 0) is 0 Å². The largest absolute Gasteiger partial charge is 0.396 e. The van der Waals surface area contributed by atoms with E-state index in [2.05, 4.69) is 10.3 Å². The van der Waals surface area contributed by atoms with Gasteiger partial charge in [-0.2, -0.15) is 0 Å². The van der Waals surface area contributed by atoms with E-state index in [0.717, 1.165) is 0 Å². The van der Waals surface area contributed by atoms with E-state index in [1.807, 2.05) is 4.90 Å². The Morgan fingerprint density at radius 3 is 2.89 bits per heavy atom. The number of pyridine rings is 1. The molecule has 1 aromatic heterocycles. The minimum Gasteiger partial charge on any atom is -0.396 e. The highest BCUT2D eigenvalue weighted by Crippen LogP contribution is 2.27. The van der Waals surface area contributed by atoms with E-state index in [1.54, 1.807) is 12.1 Å². The molecule has 7 heteroatoms. The molecule has 1 aromatic rings. The van der Waals surface area contributed by atoms with E-state index in [-0.39, 0.29) is 19.3 Å². The third kappa shape index (κ3) is 3.06. The maximum Gasteiger partial charge on any atom is 0.151 e. The molecule has 0 aromatic carbocycles. The fourth-order valence-electron chi connectivity index (χ4n) is 2.28. The molecular weight excluding hydrogens is 248 g/mol. The molecule has 19 heavy (non-hydrogen) atoms. The minimum absolute atomic E-state index is 0.00690. The molecule has 0 radical (unpaired) electrons. The number of nitrogens with one attached hydrogen (secondary N) is 1. The van der Waals surface area contributed by atoms with Crippen molar-refractivity contribution in [2.75, 3.05) is 42.3 Å². The van der Waals surface area contributed by atoms with Gasteiger partial charge in [0.15, 0.2) is 5.82 Å². The van der Waals surface area contributed by atoms with E-state index in [0.29, 0.717) is 36.8 Å². The maximum absolute atomic E-state index is 9.67. The molecule has 0 aliphatic carbocycles. The van der Waals surface area contributed by atoms with Crippen LogP contribution in [0.3, 0.4) is 0 Å². The van der Waals surface area contributed by atoms with Gasteiger partial charge in [-0.25, -0.2) is 4.98 Å². The zero-order valence-corrected chi connectivity index (χ0v) is 10.7. The van der Waals surface area contributed by atoms with Gasteiger partial charge in [-0.1, -0.05) is 0 Å². The van der Waals surface area contributed by atoms with Crippen molar-refractivity contribution >= 4 is 17.3 Å². The van der Waals surface area contributed by atoms with Crippen LogP contribution in [0.1, 0.15) is 6.42 Å². The molecule has 2 rings (SSSR count). The Hall–Kier alpha value is -1.57. The number of β-amino-alcohol motifs (C(OH)–C–C–N with tert-alkyl or cyclic N) is 1. The second kappa shape index (κ2) is 6.05. The summed E-state index contributed by atoms with van der Waals surface area (Å²) in [5.41, 5.74) is 6.30. The molecule has 6 N–H and O–H groups in total. The molecule has 7 nitrogen and oxygen atoms in total. The van der Waals surface area contributed by atoms with Gasteiger partial charge in [0, 0.05) is 13.1 Å². The highest BCUT2D eigenvalue weighted by atomic mass is 16.3. The van der Waals surface area contributed by atoms with Gasteiger partial charge < -0.3 is 31.3 Å². The standard InChI is InChI=1S/C12H20N4O3/c13-10-1-2-11(15-12(10)14-3-4-17)16-6-9(19)5-8(16)7-18/h1-2,8-9,17-19H,3-7,13H2,(H,14,15). The van der Waals surface area contributed by atoms with Crippen LogP contribution in [0.25, 0.3) is 0 Å². The zero-order valence-electron chi connectivity index (χ0n) is 10.7. The zero-order chi connectivity index (χ0) is 13.8. The van der Waals surface area contributed by atoms with Crippen LogP contribution < -0.4 is 16.0 Å². The van der Waals surface area contributed by atoms with E-state index < -0.39 is 6.10 Å². The summed E-state index contributed by atoms with van der Waals surface area (Å²) < 4.78 is 0. The normalized spacial score (nSPS) is 22.8. The van der Waals surface area contributed by atoms with Crippen molar-refractivity contribution in [2.45, 2.75) is 18.6 Å². The van der Waals surface area contributed by atoms with Gasteiger partial charge >= 0.3 is 0 Å². The van der Waals surface area contributed by atoms with Gasteiger partial charge in [-0.3, -0.25) is 0 Å². The lowest BCUT2D eigenvalue weighted by Crippen LogP contribution is -2.33. The predicted molar refractivity (Wildman–Crippen MR) is 73.1 cm³/mol. The van der Waals surface area contributed by atoms with Crippen molar-refractivity contribution in [2.24, 2.45) is 0 Å².